The van der Waals surface area contributed by atoms with Crippen LogP contribution in [0.1, 0.15) is 12.8 Å². The van der Waals surface area contributed by atoms with Crippen molar-refractivity contribution in [1.29, 1.82) is 0 Å². The van der Waals surface area contributed by atoms with Crippen molar-refractivity contribution in [2.45, 2.75) is 21.9 Å². The van der Waals surface area contributed by atoms with Crippen LogP contribution >= 0.6 is 11.3 Å². The summed E-state index contributed by atoms with van der Waals surface area (Å²) in [7, 11) is -4.13. The van der Waals surface area contributed by atoms with E-state index < -0.39 is 26.0 Å². The maximum atomic E-state index is 12.7. The van der Waals surface area contributed by atoms with Crippen molar-refractivity contribution < 1.29 is 26.4 Å². The SMILES string of the molecule is CN(C)S(=O)(=O)c1ccc(OCCNC(=O)[C@@H]2CCCN(S(=O)(=O)c3cccs3)C2)cc1. The number of amides is 1. The van der Waals surface area contributed by atoms with Crippen molar-refractivity contribution in [3.63, 3.8) is 0 Å². The Morgan fingerprint density at radius 1 is 1.19 bits per heavy atom. The maximum Gasteiger partial charge on any atom is 0.252 e. The monoisotopic (exact) mass is 501 g/mol. The molecule has 0 saturated carbocycles. The van der Waals surface area contributed by atoms with Gasteiger partial charge >= 0.3 is 0 Å². The molecule has 2 heterocycles. The number of hydrogen-bond acceptors (Lipinski definition) is 7. The van der Waals surface area contributed by atoms with Gasteiger partial charge < -0.3 is 10.1 Å². The van der Waals surface area contributed by atoms with Crippen molar-refractivity contribution in [3.05, 3.63) is 41.8 Å². The van der Waals surface area contributed by atoms with E-state index in [1.165, 1.54) is 41.9 Å². The van der Waals surface area contributed by atoms with Crippen molar-refractivity contribution in [2.75, 3.05) is 40.3 Å². The van der Waals surface area contributed by atoms with Gasteiger partial charge in [0.25, 0.3) is 10.0 Å². The lowest BCUT2D eigenvalue weighted by atomic mass is 9.99. The van der Waals surface area contributed by atoms with Gasteiger partial charge in [-0.3, -0.25) is 4.79 Å². The highest BCUT2D eigenvalue weighted by Gasteiger charge is 2.33. The molecule has 1 saturated heterocycles. The van der Waals surface area contributed by atoms with E-state index >= 15 is 0 Å². The zero-order valence-electron chi connectivity index (χ0n) is 17.9. The Balaban J connectivity index is 1.47. The van der Waals surface area contributed by atoms with Crippen LogP contribution in [0.5, 0.6) is 5.75 Å². The molecule has 0 bridgehead atoms. The normalized spacial score (nSPS) is 17.9. The molecule has 1 N–H and O–H groups in total. The predicted molar refractivity (Wildman–Crippen MR) is 122 cm³/mol. The smallest absolute Gasteiger partial charge is 0.252 e. The minimum atomic E-state index is -3.56. The molecule has 176 valence electrons. The zero-order valence-corrected chi connectivity index (χ0v) is 20.4. The van der Waals surface area contributed by atoms with Crippen molar-refractivity contribution >= 4 is 37.3 Å². The molecule has 1 aliphatic heterocycles. The molecule has 0 unspecified atom stereocenters. The summed E-state index contributed by atoms with van der Waals surface area (Å²) in [4.78, 5) is 12.7. The third-order valence-corrected chi connectivity index (χ3v) is 10.2. The largest absolute Gasteiger partial charge is 0.492 e. The third kappa shape index (κ3) is 5.67. The minimum absolute atomic E-state index is 0.161. The van der Waals surface area contributed by atoms with Crippen LogP contribution in [0.4, 0.5) is 0 Å². The van der Waals surface area contributed by atoms with Gasteiger partial charge in [0.15, 0.2) is 0 Å². The first-order valence-corrected chi connectivity index (χ1v) is 13.8. The number of carbonyl (C=O) groups is 1. The van der Waals surface area contributed by atoms with Crippen LogP contribution < -0.4 is 10.1 Å². The fourth-order valence-corrected chi connectivity index (χ4v) is 6.89. The predicted octanol–water partition coefficient (Wildman–Crippen LogP) is 1.59. The van der Waals surface area contributed by atoms with Crippen LogP contribution in [0, 0.1) is 5.92 Å². The Kier molecular flexibility index (Phi) is 7.93. The van der Waals surface area contributed by atoms with Crippen LogP contribution in [0.3, 0.4) is 0 Å². The van der Waals surface area contributed by atoms with E-state index in [-0.39, 0.29) is 34.7 Å². The number of thiophene rings is 1. The van der Waals surface area contributed by atoms with Crippen LogP contribution in [-0.4, -0.2) is 71.7 Å². The second-order valence-electron chi connectivity index (χ2n) is 7.53. The number of hydrogen-bond donors (Lipinski definition) is 1. The van der Waals surface area contributed by atoms with E-state index in [9.17, 15) is 21.6 Å². The summed E-state index contributed by atoms with van der Waals surface area (Å²) in [5.74, 6) is -0.121. The third-order valence-electron chi connectivity index (χ3n) is 5.12. The zero-order chi connectivity index (χ0) is 23.4. The molecule has 0 spiro atoms. The van der Waals surface area contributed by atoms with Gasteiger partial charge in [-0.05, 0) is 48.6 Å². The molecule has 9 nitrogen and oxygen atoms in total. The molecule has 32 heavy (non-hydrogen) atoms. The Hall–Kier alpha value is -1.99. The molecule has 12 heteroatoms. The number of benzene rings is 1. The first-order valence-electron chi connectivity index (χ1n) is 10.1. The first-order chi connectivity index (χ1) is 15.1. The fourth-order valence-electron chi connectivity index (χ4n) is 3.32. The lowest BCUT2D eigenvalue weighted by Gasteiger charge is -2.30. The van der Waals surface area contributed by atoms with Gasteiger partial charge in [-0.25, -0.2) is 21.1 Å². The number of sulfonamides is 2. The summed E-state index contributed by atoms with van der Waals surface area (Å²) >= 11 is 1.17. The molecular weight excluding hydrogens is 474 g/mol. The quantitative estimate of drug-likeness (QED) is 0.522. The molecule has 1 amide bonds. The molecule has 0 aliphatic carbocycles. The van der Waals surface area contributed by atoms with Crippen LogP contribution in [0.15, 0.2) is 50.9 Å². The molecule has 0 radical (unpaired) electrons. The number of rotatable bonds is 9. The summed E-state index contributed by atoms with van der Waals surface area (Å²) in [6.07, 6.45) is 1.26. The average molecular weight is 502 g/mol. The van der Waals surface area contributed by atoms with Crippen LogP contribution in [0.25, 0.3) is 0 Å². The number of piperidine rings is 1. The second kappa shape index (κ2) is 10.3. The van der Waals surface area contributed by atoms with Crippen molar-refractivity contribution in [3.8, 4) is 5.75 Å². The second-order valence-corrected chi connectivity index (χ2v) is 12.8. The van der Waals surface area contributed by atoms with Gasteiger partial charge in [0.05, 0.1) is 17.4 Å². The van der Waals surface area contributed by atoms with Crippen LogP contribution in [0.2, 0.25) is 0 Å². The molecule has 1 atom stereocenters. The summed E-state index contributed by atoms with van der Waals surface area (Å²) < 4.78 is 57.9. The summed E-state index contributed by atoms with van der Waals surface area (Å²) in [5, 5.41) is 4.51. The molecule has 1 aromatic heterocycles. The Bertz CT molecular complexity index is 1110. The van der Waals surface area contributed by atoms with E-state index in [1.54, 1.807) is 29.6 Å². The summed E-state index contributed by atoms with van der Waals surface area (Å²) in [5.41, 5.74) is 0. The minimum Gasteiger partial charge on any atom is -0.492 e. The van der Waals surface area contributed by atoms with Crippen molar-refractivity contribution in [1.82, 2.24) is 13.9 Å². The van der Waals surface area contributed by atoms with E-state index in [2.05, 4.69) is 5.32 Å². The van der Waals surface area contributed by atoms with E-state index in [0.29, 0.717) is 25.1 Å². The number of carbonyl (C=O) groups excluding carboxylic acids is 1. The molecule has 2 aromatic rings. The topological polar surface area (TPSA) is 113 Å². The molecule has 3 rings (SSSR count). The lowest BCUT2D eigenvalue weighted by molar-refractivity contribution is -0.126. The van der Waals surface area contributed by atoms with Gasteiger partial charge in [0, 0.05) is 27.2 Å². The number of nitrogens with one attached hydrogen (secondary N) is 1. The highest BCUT2D eigenvalue weighted by molar-refractivity contribution is 7.91. The standard InChI is InChI=1S/C20H27N3O6S3/c1-22(2)31(25,26)18-9-7-17(8-10-18)29-13-11-21-20(24)16-5-3-12-23(15-16)32(27,28)19-6-4-14-30-19/h4,6-10,14,16H,3,5,11-13,15H2,1-2H3,(H,21,24)/t16-/m1/s1. The highest BCUT2D eigenvalue weighted by atomic mass is 32.2. The van der Waals surface area contributed by atoms with Gasteiger partial charge in [0.2, 0.25) is 15.9 Å². The molecule has 1 aromatic carbocycles. The number of ether oxygens (including phenoxy) is 1. The molecular formula is C20H27N3O6S3. The highest BCUT2D eigenvalue weighted by Crippen LogP contribution is 2.26. The lowest BCUT2D eigenvalue weighted by Crippen LogP contribution is -2.45. The summed E-state index contributed by atoms with van der Waals surface area (Å²) in [6.45, 7) is 1.03. The van der Waals surface area contributed by atoms with Crippen LogP contribution in [-0.2, 0) is 24.8 Å². The van der Waals surface area contributed by atoms with E-state index in [0.717, 1.165) is 4.31 Å². The average Bonchev–Trinajstić information content (AvgIpc) is 3.33. The van der Waals surface area contributed by atoms with Crippen molar-refractivity contribution in [2.24, 2.45) is 5.92 Å². The Labute approximate surface area is 193 Å². The fraction of sp³-hybridized carbons (Fsp3) is 0.450. The van der Waals surface area contributed by atoms with Gasteiger partial charge in [0.1, 0.15) is 16.6 Å². The molecule has 1 fully saturated rings. The van der Waals surface area contributed by atoms with Gasteiger partial charge in [-0.2, -0.15) is 4.31 Å². The summed E-state index contributed by atoms with van der Waals surface area (Å²) in [6, 6.07) is 9.32. The number of nitrogens with zero attached hydrogens (tertiary/aromatic N) is 2. The Morgan fingerprint density at radius 2 is 1.91 bits per heavy atom. The maximum absolute atomic E-state index is 12.7. The van der Waals surface area contributed by atoms with E-state index in [4.69, 9.17) is 4.74 Å². The van der Waals surface area contributed by atoms with E-state index in [1.807, 2.05) is 0 Å². The van der Waals surface area contributed by atoms with Gasteiger partial charge in [-0.15, -0.1) is 11.3 Å². The Morgan fingerprint density at radius 3 is 2.53 bits per heavy atom. The molecule has 1 aliphatic rings. The first kappa shape index (κ1) is 24.6. The van der Waals surface area contributed by atoms with Gasteiger partial charge in [-0.1, -0.05) is 6.07 Å².